The van der Waals surface area contributed by atoms with Crippen molar-refractivity contribution in [2.75, 3.05) is 13.1 Å². The van der Waals surface area contributed by atoms with E-state index in [4.69, 9.17) is 5.26 Å². The largest absolute Gasteiger partial charge is 0.339 e. The molecule has 1 aliphatic heterocycles. The van der Waals surface area contributed by atoms with Crippen LogP contribution in [0.1, 0.15) is 48.7 Å². The highest BCUT2D eigenvalue weighted by atomic mass is 16.2. The van der Waals surface area contributed by atoms with Crippen molar-refractivity contribution in [3.63, 3.8) is 0 Å². The number of hydrogen-bond acceptors (Lipinski definition) is 3. The molecule has 1 aromatic heterocycles. The molecule has 0 atom stereocenters. The number of nitriles is 1. The molecule has 0 radical (unpaired) electrons. The Labute approximate surface area is 120 Å². The Morgan fingerprint density at radius 3 is 2.80 bits per heavy atom. The van der Waals surface area contributed by atoms with Crippen molar-refractivity contribution in [2.45, 2.75) is 46.1 Å². The number of carbonyl (C=O) groups is 1. The van der Waals surface area contributed by atoms with E-state index >= 15 is 0 Å². The van der Waals surface area contributed by atoms with Gasteiger partial charge in [0, 0.05) is 18.8 Å². The van der Waals surface area contributed by atoms with E-state index < -0.39 is 0 Å². The maximum absolute atomic E-state index is 12.5. The van der Waals surface area contributed by atoms with Gasteiger partial charge in [-0.1, -0.05) is 13.3 Å². The Kier molecular flexibility index (Phi) is 4.78. The predicted molar refractivity (Wildman–Crippen MR) is 76.1 cm³/mol. The summed E-state index contributed by atoms with van der Waals surface area (Å²) in [4.78, 5) is 14.4. The topological polar surface area (TPSA) is 61.9 Å². The second-order valence-corrected chi connectivity index (χ2v) is 5.42. The maximum atomic E-state index is 12.5. The fraction of sp³-hybridized carbons (Fsp3) is 0.667. The molecule has 0 N–H and O–H groups in total. The predicted octanol–water partition coefficient (Wildman–Crippen LogP) is 2.37. The molecular formula is C15H22N4O. The molecule has 0 unspecified atom stereocenters. The summed E-state index contributed by atoms with van der Waals surface area (Å²) in [6.07, 6.45) is 5.46. The van der Waals surface area contributed by atoms with E-state index in [1.54, 1.807) is 10.9 Å². The number of amides is 1. The van der Waals surface area contributed by atoms with Gasteiger partial charge in [-0.15, -0.1) is 0 Å². The van der Waals surface area contributed by atoms with Crippen molar-refractivity contribution >= 4 is 5.91 Å². The van der Waals surface area contributed by atoms with Gasteiger partial charge in [-0.05, 0) is 25.7 Å². The molecule has 0 saturated carbocycles. The van der Waals surface area contributed by atoms with Gasteiger partial charge in [0.15, 0.2) is 0 Å². The summed E-state index contributed by atoms with van der Waals surface area (Å²) in [5.74, 6) is 0.846. The first-order chi connectivity index (χ1) is 9.67. The van der Waals surface area contributed by atoms with Crippen molar-refractivity contribution in [1.29, 1.82) is 5.26 Å². The van der Waals surface area contributed by atoms with Crippen molar-refractivity contribution in [3.05, 3.63) is 17.5 Å². The van der Waals surface area contributed by atoms with E-state index in [1.807, 2.05) is 11.8 Å². The summed E-state index contributed by atoms with van der Waals surface area (Å²) in [6.45, 7) is 6.36. The van der Waals surface area contributed by atoms with Crippen molar-refractivity contribution < 1.29 is 4.79 Å². The average molecular weight is 274 g/mol. The van der Waals surface area contributed by atoms with E-state index in [-0.39, 0.29) is 5.91 Å². The standard InChI is InChI=1S/C15H22N4O/c1-3-13-5-9-18(10-6-13)15(20)14-11-17-19(12(14)2)8-4-7-16/h11,13H,3-6,8-10H2,1-2H3. The van der Waals surface area contributed by atoms with Crippen LogP contribution in [-0.4, -0.2) is 33.7 Å². The molecule has 20 heavy (non-hydrogen) atoms. The molecular weight excluding hydrogens is 252 g/mol. The number of piperidine rings is 1. The molecule has 5 nitrogen and oxygen atoms in total. The fourth-order valence-corrected chi connectivity index (χ4v) is 2.75. The Bertz CT molecular complexity index is 506. The zero-order valence-corrected chi connectivity index (χ0v) is 12.3. The molecule has 1 aromatic rings. The normalized spacial score (nSPS) is 16.1. The number of carbonyl (C=O) groups excluding carboxylic acids is 1. The van der Waals surface area contributed by atoms with Gasteiger partial charge in [0.25, 0.3) is 5.91 Å². The summed E-state index contributed by atoms with van der Waals surface area (Å²) < 4.78 is 1.75. The van der Waals surface area contributed by atoms with E-state index in [0.717, 1.165) is 37.5 Å². The van der Waals surface area contributed by atoms with Crippen LogP contribution in [0.4, 0.5) is 0 Å². The van der Waals surface area contributed by atoms with Crippen LogP contribution < -0.4 is 0 Å². The van der Waals surface area contributed by atoms with E-state index in [2.05, 4.69) is 18.1 Å². The van der Waals surface area contributed by atoms with Crippen LogP contribution in [0, 0.1) is 24.2 Å². The lowest BCUT2D eigenvalue weighted by Gasteiger charge is -2.31. The van der Waals surface area contributed by atoms with Gasteiger partial charge in [0.05, 0.1) is 30.8 Å². The summed E-state index contributed by atoms with van der Waals surface area (Å²) in [6, 6.07) is 2.10. The second kappa shape index (κ2) is 6.56. The Morgan fingerprint density at radius 2 is 2.20 bits per heavy atom. The quantitative estimate of drug-likeness (QED) is 0.846. The minimum Gasteiger partial charge on any atom is -0.339 e. The number of aromatic nitrogens is 2. The Hall–Kier alpha value is -1.83. The monoisotopic (exact) mass is 274 g/mol. The lowest BCUT2D eigenvalue weighted by atomic mass is 9.94. The van der Waals surface area contributed by atoms with Gasteiger partial charge in [0.2, 0.25) is 0 Å². The smallest absolute Gasteiger partial charge is 0.257 e. The molecule has 0 bridgehead atoms. The third-order valence-corrected chi connectivity index (χ3v) is 4.25. The molecule has 1 fully saturated rings. The number of likely N-dealkylation sites (tertiary alicyclic amines) is 1. The van der Waals surface area contributed by atoms with Crippen molar-refractivity contribution in [2.24, 2.45) is 5.92 Å². The van der Waals surface area contributed by atoms with E-state index in [9.17, 15) is 4.79 Å². The SMILES string of the molecule is CCC1CCN(C(=O)c2cnn(CCC#N)c2C)CC1. The molecule has 2 heterocycles. The minimum absolute atomic E-state index is 0.0836. The fourth-order valence-electron chi connectivity index (χ4n) is 2.75. The zero-order valence-electron chi connectivity index (χ0n) is 12.3. The molecule has 0 aromatic carbocycles. The molecule has 0 spiro atoms. The molecule has 0 aliphatic carbocycles. The Morgan fingerprint density at radius 1 is 1.50 bits per heavy atom. The highest BCUT2D eigenvalue weighted by molar-refractivity contribution is 5.95. The molecule has 1 aliphatic rings. The first kappa shape index (κ1) is 14.6. The van der Waals surface area contributed by atoms with E-state index in [1.165, 1.54) is 6.42 Å². The highest BCUT2D eigenvalue weighted by Crippen LogP contribution is 2.22. The average Bonchev–Trinajstić information content (AvgIpc) is 2.85. The molecule has 1 saturated heterocycles. The Balaban J connectivity index is 2.03. The maximum Gasteiger partial charge on any atom is 0.257 e. The van der Waals surface area contributed by atoms with Crippen LogP contribution in [0.25, 0.3) is 0 Å². The number of aryl methyl sites for hydroxylation is 1. The van der Waals surface area contributed by atoms with Gasteiger partial charge in [-0.25, -0.2) is 0 Å². The molecule has 1 amide bonds. The number of rotatable bonds is 4. The van der Waals surface area contributed by atoms with Gasteiger partial charge in [-0.3, -0.25) is 9.48 Å². The van der Waals surface area contributed by atoms with Gasteiger partial charge in [0.1, 0.15) is 0 Å². The van der Waals surface area contributed by atoms with Crippen molar-refractivity contribution in [1.82, 2.24) is 14.7 Å². The van der Waals surface area contributed by atoms with Crippen LogP contribution in [0.5, 0.6) is 0 Å². The highest BCUT2D eigenvalue weighted by Gasteiger charge is 2.25. The van der Waals surface area contributed by atoms with Gasteiger partial charge < -0.3 is 4.90 Å². The van der Waals surface area contributed by atoms with E-state index in [0.29, 0.717) is 18.5 Å². The lowest BCUT2D eigenvalue weighted by molar-refractivity contribution is 0.0688. The summed E-state index contributed by atoms with van der Waals surface area (Å²) in [7, 11) is 0. The molecule has 108 valence electrons. The third kappa shape index (κ3) is 3.01. The molecule has 5 heteroatoms. The van der Waals surface area contributed by atoms with Crippen LogP contribution in [-0.2, 0) is 6.54 Å². The third-order valence-electron chi connectivity index (χ3n) is 4.25. The minimum atomic E-state index is 0.0836. The van der Waals surface area contributed by atoms with Gasteiger partial charge in [-0.2, -0.15) is 10.4 Å². The van der Waals surface area contributed by atoms with Crippen LogP contribution >= 0.6 is 0 Å². The summed E-state index contributed by atoms with van der Waals surface area (Å²) in [5.41, 5.74) is 1.54. The second-order valence-electron chi connectivity index (χ2n) is 5.42. The molecule has 2 rings (SSSR count). The van der Waals surface area contributed by atoms with Crippen LogP contribution in [0.3, 0.4) is 0 Å². The summed E-state index contributed by atoms with van der Waals surface area (Å²) >= 11 is 0. The van der Waals surface area contributed by atoms with Gasteiger partial charge >= 0.3 is 0 Å². The first-order valence-corrected chi connectivity index (χ1v) is 7.36. The number of hydrogen-bond donors (Lipinski definition) is 0. The zero-order chi connectivity index (χ0) is 14.5. The van der Waals surface area contributed by atoms with Crippen LogP contribution in [0.15, 0.2) is 6.20 Å². The number of nitrogens with zero attached hydrogens (tertiary/aromatic N) is 4. The summed E-state index contributed by atoms with van der Waals surface area (Å²) in [5, 5.41) is 12.8. The first-order valence-electron chi connectivity index (χ1n) is 7.36. The van der Waals surface area contributed by atoms with Crippen LogP contribution in [0.2, 0.25) is 0 Å². The van der Waals surface area contributed by atoms with Crippen molar-refractivity contribution in [3.8, 4) is 6.07 Å². The lowest BCUT2D eigenvalue weighted by Crippen LogP contribution is -2.38.